The van der Waals surface area contributed by atoms with E-state index in [1.54, 1.807) is 6.07 Å². The summed E-state index contributed by atoms with van der Waals surface area (Å²) >= 11 is 0. The number of hydrogen-bond acceptors (Lipinski definition) is 2. The van der Waals surface area contributed by atoms with E-state index in [9.17, 15) is 4.39 Å². The molecule has 1 aromatic heterocycles. The Morgan fingerprint density at radius 1 is 1.06 bits per heavy atom. The monoisotopic (exact) mass is 242 g/mol. The zero-order valence-corrected chi connectivity index (χ0v) is 10.1. The molecule has 0 atom stereocenters. The fourth-order valence-corrected chi connectivity index (χ4v) is 2.12. The fourth-order valence-electron chi connectivity index (χ4n) is 2.12. The number of rotatable bonds is 4. The first kappa shape index (κ1) is 11.2. The minimum Gasteiger partial charge on any atom is -0.349 e. The van der Waals surface area contributed by atoms with Crippen LogP contribution in [0.5, 0.6) is 0 Å². The van der Waals surface area contributed by atoms with Gasteiger partial charge in [0.2, 0.25) is 5.95 Å². The van der Waals surface area contributed by atoms with Gasteiger partial charge in [-0.15, -0.1) is 0 Å². The summed E-state index contributed by atoms with van der Waals surface area (Å²) in [7, 11) is 0. The Balaban J connectivity index is 1.85. The van der Waals surface area contributed by atoms with E-state index < -0.39 is 5.95 Å². The third-order valence-corrected chi connectivity index (χ3v) is 3.18. The van der Waals surface area contributed by atoms with Crippen LogP contribution in [0.1, 0.15) is 18.4 Å². The minimum absolute atomic E-state index is 0.411. The van der Waals surface area contributed by atoms with Crippen molar-refractivity contribution >= 4 is 5.82 Å². The summed E-state index contributed by atoms with van der Waals surface area (Å²) in [5.41, 5.74) is 1.23. The fraction of sp³-hybridized carbons (Fsp3) is 0.267. The molecule has 1 aliphatic carbocycles. The predicted molar refractivity (Wildman–Crippen MR) is 69.8 cm³/mol. The normalized spacial score (nSPS) is 14.5. The van der Waals surface area contributed by atoms with E-state index in [0.29, 0.717) is 6.04 Å². The van der Waals surface area contributed by atoms with E-state index in [-0.39, 0.29) is 0 Å². The molecular weight excluding hydrogens is 227 g/mol. The lowest BCUT2D eigenvalue weighted by Gasteiger charge is -2.23. The van der Waals surface area contributed by atoms with Gasteiger partial charge in [0.25, 0.3) is 0 Å². The van der Waals surface area contributed by atoms with Gasteiger partial charge in [0, 0.05) is 12.6 Å². The van der Waals surface area contributed by atoms with Crippen molar-refractivity contribution in [2.75, 3.05) is 4.90 Å². The highest BCUT2D eigenvalue weighted by Gasteiger charge is 2.30. The Morgan fingerprint density at radius 3 is 2.50 bits per heavy atom. The molecule has 1 aromatic carbocycles. The molecule has 3 rings (SSSR count). The second-order valence-electron chi connectivity index (χ2n) is 4.66. The van der Waals surface area contributed by atoms with Crippen molar-refractivity contribution < 1.29 is 4.39 Å². The first-order valence-corrected chi connectivity index (χ1v) is 6.26. The van der Waals surface area contributed by atoms with Crippen molar-refractivity contribution in [3.05, 3.63) is 60.0 Å². The molecule has 0 aliphatic heterocycles. The van der Waals surface area contributed by atoms with Gasteiger partial charge < -0.3 is 4.90 Å². The largest absolute Gasteiger partial charge is 0.349 e. The molecule has 0 amide bonds. The summed E-state index contributed by atoms with van der Waals surface area (Å²) in [6, 6.07) is 15.7. The van der Waals surface area contributed by atoms with Gasteiger partial charge in [-0.3, -0.25) is 0 Å². The molecule has 0 saturated heterocycles. The molecule has 1 saturated carbocycles. The lowest BCUT2D eigenvalue weighted by molar-refractivity contribution is 0.579. The van der Waals surface area contributed by atoms with E-state index in [4.69, 9.17) is 0 Å². The van der Waals surface area contributed by atoms with Gasteiger partial charge in [-0.1, -0.05) is 36.4 Å². The van der Waals surface area contributed by atoms with Crippen LogP contribution in [0.2, 0.25) is 0 Å². The Hall–Kier alpha value is -1.90. The van der Waals surface area contributed by atoms with E-state index in [0.717, 1.165) is 12.4 Å². The van der Waals surface area contributed by atoms with Gasteiger partial charge in [0.1, 0.15) is 5.82 Å². The Bertz CT molecular complexity index is 523. The smallest absolute Gasteiger partial charge is 0.214 e. The molecule has 3 heteroatoms. The third kappa shape index (κ3) is 2.50. The standard InChI is InChI=1S/C15H15FN2/c16-14-7-4-8-15(17-14)18(13-9-10-13)11-12-5-2-1-3-6-12/h1-8,13H,9-11H2. The molecule has 18 heavy (non-hydrogen) atoms. The van der Waals surface area contributed by atoms with Gasteiger partial charge in [-0.05, 0) is 30.5 Å². The van der Waals surface area contributed by atoms with Gasteiger partial charge >= 0.3 is 0 Å². The number of aromatic nitrogens is 1. The van der Waals surface area contributed by atoms with Crippen LogP contribution < -0.4 is 4.90 Å². The van der Waals surface area contributed by atoms with Crippen LogP contribution in [0.25, 0.3) is 0 Å². The molecule has 0 radical (unpaired) electrons. The molecule has 92 valence electrons. The Labute approximate surface area is 106 Å². The number of halogens is 1. The number of anilines is 1. The van der Waals surface area contributed by atoms with E-state index in [2.05, 4.69) is 22.0 Å². The van der Waals surface area contributed by atoms with Crippen molar-refractivity contribution in [2.24, 2.45) is 0 Å². The Morgan fingerprint density at radius 2 is 1.83 bits per heavy atom. The van der Waals surface area contributed by atoms with Crippen molar-refractivity contribution in [3.8, 4) is 0 Å². The SMILES string of the molecule is Fc1cccc(N(Cc2ccccc2)C2CC2)n1. The summed E-state index contributed by atoms with van der Waals surface area (Å²) in [4.78, 5) is 6.18. The van der Waals surface area contributed by atoms with Gasteiger partial charge in [0.15, 0.2) is 0 Å². The molecular formula is C15H15FN2. The quantitative estimate of drug-likeness (QED) is 0.764. The molecule has 0 spiro atoms. The van der Waals surface area contributed by atoms with E-state index in [1.807, 2.05) is 24.3 Å². The van der Waals surface area contributed by atoms with Crippen LogP contribution in [0.15, 0.2) is 48.5 Å². The number of pyridine rings is 1. The van der Waals surface area contributed by atoms with Crippen LogP contribution in [-0.4, -0.2) is 11.0 Å². The van der Waals surface area contributed by atoms with Crippen molar-refractivity contribution in [1.29, 1.82) is 0 Å². The van der Waals surface area contributed by atoms with Crippen LogP contribution in [0.4, 0.5) is 10.2 Å². The molecule has 0 N–H and O–H groups in total. The highest BCUT2D eigenvalue weighted by molar-refractivity contribution is 5.42. The lowest BCUT2D eigenvalue weighted by atomic mass is 10.2. The average molecular weight is 242 g/mol. The molecule has 0 bridgehead atoms. The second-order valence-corrected chi connectivity index (χ2v) is 4.66. The van der Waals surface area contributed by atoms with E-state index in [1.165, 1.54) is 24.5 Å². The number of benzene rings is 1. The van der Waals surface area contributed by atoms with Crippen LogP contribution in [0, 0.1) is 5.95 Å². The highest BCUT2D eigenvalue weighted by atomic mass is 19.1. The zero-order chi connectivity index (χ0) is 12.4. The first-order valence-electron chi connectivity index (χ1n) is 6.26. The highest BCUT2D eigenvalue weighted by Crippen LogP contribution is 2.32. The average Bonchev–Trinajstić information content (AvgIpc) is 3.21. The van der Waals surface area contributed by atoms with Gasteiger partial charge in [-0.2, -0.15) is 4.39 Å². The summed E-state index contributed by atoms with van der Waals surface area (Å²) in [6.45, 7) is 0.794. The number of hydrogen-bond donors (Lipinski definition) is 0. The van der Waals surface area contributed by atoms with E-state index >= 15 is 0 Å². The summed E-state index contributed by atoms with van der Waals surface area (Å²) < 4.78 is 13.2. The van der Waals surface area contributed by atoms with Gasteiger partial charge in [-0.25, -0.2) is 4.98 Å². The predicted octanol–water partition coefficient (Wildman–Crippen LogP) is 3.39. The maximum Gasteiger partial charge on any atom is 0.214 e. The first-order chi connectivity index (χ1) is 8.83. The second kappa shape index (κ2) is 4.77. The van der Waals surface area contributed by atoms with Gasteiger partial charge in [0.05, 0.1) is 0 Å². The number of nitrogens with zero attached hydrogens (tertiary/aromatic N) is 2. The molecule has 2 nitrogen and oxygen atoms in total. The molecule has 1 aliphatic rings. The van der Waals surface area contributed by atoms with Crippen molar-refractivity contribution in [1.82, 2.24) is 4.98 Å². The zero-order valence-electron chi connectivity index (χ0n) is 10.1. The third-order valence-electron chi connectivity index (χ3n) is 3.18. The summed E-state index contributed by atoms with van der Waals surface area (Å²) in [5, 5.41) is 0. The van der Waals surface area contributed by atoms with Crippen LogP contribution in [-0.2, 0) is 6.54 Å². The molecule has 0 unspecified atom stereocenters. The topological polar surface area (TPSA) is 16.1 Å². The Kier molecular flexibility index (Phi) is 2.97. The maximum absolute atomic E-state index is 13.2. The van der Waals surface area contributed by atoms with Crippen molar-refractivity contribution in [3.63, 3.8) is 0 Å². The maximum atomic E-state index is 13.2. The summed E-state index contributed by atoms with van der Waals surface area (Å²) in [6.07, 6.45) is 2.34. The van der Waals surface area contributed by atoms with Crippen LogP contribution >= 0.6 is 0 Å². The summed E-state index contributed by atoms with van der Waals surface area (Å²) in [5.74, 6) is 0.326. The molecule has 1 fully saturated rings. The minimum atomic E-state index is -0.411. The van der Waals surface area contributed by atoms with Crippen LogP contribution in [0.3, 0.4) is 0 Å². The molecule has 1 heterocycles. The van der Waals surface area contributed by atoms with Crippen molar-refractivity contribution in [2.45, 2.75) is 25.4 Å². The lowest BCUT2D eigenvalue weighted by Crippen LogP contribution is -2.26. The molecule has 2 aromatic rings.